The van der Waals surface area contributed by atoms with E-state index >= 15 is 0 Å². The van der Waals surface area contributed by atoms with Gasteiger partial charge in [-0.05, 0) is 48.9 Å². The van der Waals surface area contributed by atoms with Crippen LogP contribution in [-0.4, -0.2) is 31.0 Å². The Balaban J connectivity index is 1.77. The van der Waals surface area contributed by atoms with E-state index < -0.39 is 10.0 Å². The minimum Gasteiger partial charge on any atom is -0.497 e. The number of carbonyl (C=O) groups is 1. The van der Waals surface area contributed by atoms with Crippen molar-refractivity contribution in [3.8, 4) is 5.75 Å². The summed E-state index contributed by atoms with van der Waals surface area (Å²) in [5, 5.41) is 8.07. The fraction of sp³-hybridized carbons (Fsp3) is 0.300. The SMILES string of the molecule is CCCn1c(CCC(=O)Nc2ccc(OC)cc2)nc2cc(S(N)(=O)=O)ccc21. The van der Waals surface area contributed by atoms with E-state index in [4.69, 9.17) is 9.88 Å². The number of aryl methyl sites for hydroxylation is 2. The van der Waals surface area contributed by atoms with Crippen LogP contribution < -0.4 is 15.2 Å². The molecule has 9 heteroatoms. The molecule has 0 aliphatic carbocycles. The molecule has 2 aromatic carbocycles. The third kappa shape index (κ3) is 4.93. The second kappa shape index (κ2) is 8.62. The van der Waals surface area contributed by atoms with Crippen molar-refractivity contribution in [3.05, 3.63) is 48.3 Å². The zero-order valence-electron chi connectivity index (χ0n) is 16.4. The molecule has 3 N–H and O–H groups in total. The van der Waals surface area contributed by atoms with Gasteiger partial charge in [-0.3, -0.25) is 4.79 Å². The molecule has 0 atom stereocenters. The van der Waals surface area contributed by atoms with Gasteiger partial charge in [0.1, 0.15) is 11.6 Å². The molecular weight excluding hydrogens is 392 g/mol. The minimum atomic E-state index is -3.80. The minimum absolute atomic E-state index is 0.0231. The van der Waals surface area contributed by atoms with E-state index in [1.165, 1.54) is 12.1 Å². The van der Waals surface area contributed by atoms with Crippen LogP contribution in [0.1, 0.15) is 25.6 Å². The van der Waals surface area contributed by atoms with Crippen LogP contribution in [0.4, 0.5) is 5.69 Å². The van der Waals surface area contributed by atoms with Crippen LogP contribution in [0.2, 0.25) is 0 Å². The van der Waals surface area contributed by atoms with E-state index in [1.807, 2.05) is 11.5 Å². The predicted octanol–water partition coefficient (Wildman–Crippen LogP) is 2.67. The van der Waals surface area contributed by atoms with Crippen LogP contribution in [-0.2, 0) is 27.8 Å². The van der Waals surface area contributed by atoms with Crippen molar-refractivity contribution in [1.29, 1.82) is 0 Å². The predicted molar refractivity (Wildman–Crippen MR) is 111 cm³/mol. The van der Waals surface area contributed by atoms with Gasteiger partial charge in [-0.1, -0.05) is 6.92 Å². The van der Waals surface area contributed by atoms with Crippen LogP contribution in [0.15, 0.2) is 47.4 Å². The Bertz CT molecular complexity index is 1120. The van der Waals surface area contributed by atoms with Crippen LogP contribution in [0, 0.1) is 0 Å². The molecule has 1 heterocycles. The van der Waals surface area contributed by atoms with Crippen molar-refractivity contribution in [2.45, 2.75) is 37.6 Å². The molecule has 0 radical (unpaired) electrons. The van der Waals surface area contributed by atoms with Gasteiger partial charge in [-0.25, -0.2) is 18.5 Å². The largest absolute Gasteiger partial charge is 0.497 e. The van der Waals surface area contributed by atoms with Gasteiger partial charge < -0.3 is 14.6 Å². The highest BCUT2D eigenvalue weighted by Crippen LogP contribution is 2.22. The van der Waals surface area contributed by atoms with Gasteiger partial charge in [-0.2, -0.15) is 0 Å². The van der Waals surface area contributed by atoms with Crippen molar-refractivity contribution >= 4 is 32.7 Å². The number of carbonyl (C=O) groups excluding carboxylic acids is 1. The summed E-state index contributed by atoms with van der Waals surface area (Å²) >= 11 is 0. The lowest BCUT2D eigenvalue weighted by atomic mass is 10.2. The molecule has 0 saturated carbocycles. The molecule has 0 bridgehead atoms. The third-order valence-electron chi connectivity index (χ3n) is 4.52. The van der Waals surface area contributed by atoms with Gasteiger partial charge in [-0.15, -0.1) is 0 Å². The average molecular weight is 417 g/mol. The topological polar surface area (TPSA) is 116 Å². The number of benzene rings is 2. The Morgan fingerprint density at radius 1 is 1.21 bits per heavy atom. The molecule has 0 fully saturated rings. The lowest BCUT2D eigenvalue weighted by Gasteiger charge is -2.09. The Morgan fingerprint density at radius 2 is 1.93 bits per heavy atom. The average Bonchev–Trinajstić information content (AvgIpc) is 3.03. The smallest absolute Gasteiger partial charge is 0.238 e. The fourth-order valence-corrected chi connectivity index (χ4v) is 3.66. The van der Waals surface area contributed by atoms with E-state index in [0.717, 1.165) is 30.1 Å². The molecule has 0 saturated heterocycles. The quantitative estimate of drug-likeness (QED) is 0.586. The summed E-state index contributed by atoms with van der Waals surface area (Å²) in [5.74, 6) is 1.32. The number of amides is 1. The Kier molecular flexibility index (Phi) is 6.19. The summed E-state index contributed by atoms with van der Waals surface area (Å²) in [6, 6.07) is 11.8. The molecule has 0 unspecified atom stereocenters. The summed E-state index contributed by atoms with van der Waals surface area (Å²) in [7, 11) is -2.21. The number of hydrogen-bond acceptors (Lipinski definition) is 5. The monoisotopic (exact) mass is 416 g/mol. The first kappa shape index (κ1) is 20.8. The number of rotatable bonds is 8. The Hall–Kier alpha value is -2.91. The second-order valence-corrected chi connectivity index (χ2v) is 8.21. The number of nitrogens with two attached hydrogens (primary N) is 1. The lowest BCUT2D eigenvalue weighted by molar-refractivity contribution is -0.116. The highest BCUT2D eigenvalue weighted by Gasteiger charge is 2.15. The number of fused-ring (bicyclic) bond motifs is 1. The van der Waals surface area contributed by atoms with Gasteiger partial charge in [0.15, 0.2) is 0 Å². The maximum absolute atomic E-state index is 12.3. The van der Waals surface area contributed by atoms with E-state index in [0.29, 0.717) is 17.6 Å². The number of anilines is 1. The zero-order valence-corrected chi connectivity index (χ0v) is 17.2. The van der Waals surface area contributed by atoms with Gasteiger partial charge in [0.05, 0.1) is 23.0 Å². The normalized spacial score (nSPS) is 11.6. The summed E-state index contributed by atoms with van der Waals surface area (Å²) in [6.07, 6.45) is 1.57. The molecule has 0 aliphatic rings. The fourth-order valence-electron chi connectivity index (χ4n) is 3.12. The molecule has 1 amide bonds. The highest BCUT2D eigenvalue weighted by atomic mass is 32.2. The standard InChI is InChI=1S/C20H24N4O4S/c1-3-12-24-18-9-8-16(29(21,26)27)13-17(18)23-19(24)10-11-20(25)22-14-4-6-15(28-2)7-5-14/h4-9,13H,3,10-12H2,1-2H3,(H,22,25)(H2,21,26,27). The molecule has 154 valence electrons. The number of primary sulfonamides is 1. The maximum atomic E-state index is 12.3. The number of ether oxygens (including phenoxy) is 1. The summed E-state index contributed by atoms with van der Waals surface area (Å²) in [6.45, 7) is 2.77. The number of nitrogens with one attached hydrogen (secondary N) is 1. The van der Waals surface area contributed by atoms with Crippen molar-refractivity contribution in [2.75, 3.05) is 12.4 Å². The Morgan fingerprint density at radius 3 is 2.55 bits per heavy atom. The molecule has 0 spiro atoms. The summed E-state index contributed by atoms with van der Waals surface area (Å²) in [5.41, 5.74) is 2.07. The summed E-state index contributed by atoms with van der Waals surface area (Å²) in [4.78, 5) is 16.9. The number of aromatic nitrogens is 2. The van der Waals surface area contributed by atoms with Crippen molar-refractivity contribution in [1.82, 2.24) is 9.55 Å². The number of imidazole rings is 1. The van der Waals surface area contributed by atoms with Gasteiger partial charge in [0.25, 0.3) is 0 Å². The molecule has 29 heavy (non-hydrogen) atoms. The highest BCUT2D eigenvalue weighted by molar-refractivity contribution is 7.89. The van der Waals surface area contributed by atoms with Crippen LogP contribution in [0.25, 0.3) is 11.0 Å². The van der Waals surface area contributed by atoms with Gasteiger partial charge >= 0.3 is 0 Å². The van der Waals surface area contributed by atoms with Gasteiger partial charge in [0, 0.05) is 25.1 Å². The van der Waals surface area contributed by atoms with Gasteiger partial charge in [0.2, 0.25) is 15.9 Å². The van der Waals surface area contributed by atoms with Crippen LogP contribution in [0.3, 0.4) is 0 Å². The Labute approximate surface area is 169 Å². The number of methoxy groups -OCH3 is 1. The van der Waals surface area contributed by atoms with E-state index in [1.54, 1.807) is 37.4 Å². The molecular formula is C20H24N4O4S. The van der Waals surface area contributed by atoms with E-state index in [9.17, 15) is 13.2 Å². The molecule has 0 aliphatic heterocycles. The molecule has 3 rings (SSSR count). The molecule has 8 nitrogen and oxygen atoms in total. The molecule has 1 aromatic heterocycles. The number of hydrogen-bond donors (Lipinski definition) is 2. The number of sulfonamides is 1. The van der Waals surface area contributed by atoms with Crippen molar-refractivity contribution < 1.29 is 17.9 Å². The van der Waals surface area contributed by atoms with Crippen LogP contribution in [0.5, 0.6) is 5.75 Å². The van der Waals surface area contributed by atoms with Crippen molar-refractivity contribution in [3.63, 3.8) is 0 Å². The first-order chi connectivity index (χ1) is 13.8. The summed E-state index contributed by atoms with van der Waals surface area (Å²) < 4.78 is 30.3. The third-order valence-corrected chi connectivity index (χ3v) is 5.43. The first-order valence-electron chi connectivity index (χ1n) is 9.27. The van der Waals surface area contributed by atoms with Crippen LogP contribution >= 0.6 is 0 Å². The second-order valence-electron chi connectivity index (χ2n) is 6.65. The van der Waals surface area contributed by atoms with E-state index in [-0.39, 0.29) is 17.2 Å². The lowest BCUT2D eigenvalue weighted by Crippen LogP contribution is -2.14. The molecule has 3 aromatic rings. The number of nitrogens with zero attached hydrogens (tertiary/aromatic N) is 2. The van der Waals surface area contributed by atoms with E-state index in [2.05, 4.69) is 10.3 Å². The maximum Gasteiger partial charge on any atom is 0.238 e. The zero-order chi connectivity index (χ0) is 21.0. The van der Waals surface area contributed by atoms with Crippen molar-refractivity contribution in [2.24, 2.45) is 5.14 Å². The first-order valence-corrected chi connectivity index (χ1v) is 10.8.